The van der Waals surface area contributed by atoms with Crippen molar-refractivity contribution in [2.24, 2.45) is 0 Å². The number of nitrogens with zero attached hydrogens (tertiary/aromatic N) is 3. The lowest BCUT2D eigenvalue weighted by Crippen LogP contribution is -2.30. The van der Waals surface area contributed by atoms with Gasteiger partial charge in [0.05, 0.1) is 26.7 Å². The lowest BCUT2D eigenvalue weighted by atomic mass is 10.3. The number of methoxy groups -OCH3 is 2. The van der Waals surface area contributed by atoms with Gasteiger partial charge in [0.25, 0.3) is 0 Å². The number of hydrogen-bond donors (Lipinski definition) is 0. The Labute approximate surface area is 125 Å². The van der Waals surface area contributed by atoms with Gasteiger partial charge in [0.15, 0.2) is 0 Å². The van der Waals surface area contributed by atoms with E-state index in [2.05, 4.69) is 14.7 Å². The molecule has 0 bridgehead atoms. The molecule has 1 heterocycles. The van der Waals surface area contributed by atoms with Crippen molar-refractivity contribution in [3.8, 4) is 5.88 Å². The van der Waals surface area contributed by atoms with Gasteiger partial charge < -0.3 is 19.1 Å². The fraction of sp³-hybridized carbons (Fsp3) is 0.643. The van der Waals surface area contributed by atoms with E-state index in [1.807, 2.05) is 11.8 Å². The molecule has 0 fully saturated rings. The smallest absolute Gasteiger partial charge is 0.307 e. The number of rotatable bonds is 10. The van der Waals surface area contributed by atoms with Gasteiger partial charge in [-0.2, -0.15) is 0 Å². The van der Waals surface area contributed by atoms with Gasteiger partial charge in [0.1, 0.15) is 12.1 Å². The van der Waals surface area contributed by atoms with Crippen LogP contribution in [0.3, 0.4) is 0 Å². The Kier molecular flexibility index (Phi) is 8.11. The zero-order valence-electron chi connectivity index (χ0n) is 12.9. The molecule has 1 aromatic rings. The fourth-order valence-corrected chi connectivity index (χ4v) is 1.66. The SMILES string of the molecule is CCCOc1cc(N(CCOC)CCC(=O)OC)ncn1. The normalized spacial score (nSPS) is 10.2. The Morgan fingerprint density at radius 1 is 1.24 bits per heavy atom. The summed E-state index contributed by atoms with van der Waals surface area (Å²) < 4.78 is 15.2. The van der Waals surface area contributed by atoms with Gasteiger partial charge in [-0.1, -0.05) is 6.92 Å². The first-order valence-corrected chi connectivity index (χ1v) is 6.96. The quantitative estimate of drug-likeness (QED) is 0.602. The van der Waals surface area contributed by atoms with Crippen LogP contribution in [0.15, 0.2) is 12.4 Å². The number of carbonyl (C=O) groups is 1. The molecule has 21 heavy (non-hydrogen) atoms. The molecule has 1 rings (SSSR count). The van der Waals surface area contributed by atoms with Crippen LogP contribution in [0.5, 0.6) is 5.88 Å². The average molecular weight is 297 g/mol. The van der Waals surface area contributed by atoms with E-state index >= 15 is 0 Å². The van der Waals surface area contributed by atoms with Gasteiger partial charge in [-0.25, -0.2) is 9.97 Å². The molecule has 0 aliphatic rings. The predicted molar refractivity (Wildman–Crippen MR) is 78.5 cm³/mol. The van der Waals surface area contributed by atoms with Crippen molar-refractivity contribution < 1.29 is 19.0 Å². The first kappa shape index (κ1) is 17.2. The van der Waals surface area contributed by atoms with Crippen LogP contribution in [0.25, 0.3) is 0 Å². The zero-order chi connectivity index (χ0) is 15.5. The summed E-state index contributed by atoms with van der Waals surface area (Å²) in [4.78, 5) is 21.5. The lowest BCUT2D eigenvalue weighted by Gasteiger charge is -2.23. The van der Waals surface area contributed by atoms with Crippen molar-refractivity contribution in [2.45, 2.75) is 19.8 Å². The molecule has 0 aromatic carbocycles. The third-order valence-corrected chi connectivity index (χ3v) is 2.78. The number of hydrogen-bond acceptors (Lipinski definition) is 7. The summed E-state index contributed by atoms with van der Waals surface area (Å²) in [5, 5.41) is 0. The Hall–Kier alpha value is -1.89. The topological polar surface area (TPSA) is 73.8 Å². The van der Waals surface area contributed by atoms with Gasteiger partial charge in [-0.15, -0.1) is 0 Å². The number of anilines is 1. The highest BCUT2D eigenvalue weighted by Crippen LogP contribution is 2.16. The van der Waals surface area contributed by atoms with Gasteiger partial charge >= 0.3 is 5.97 Å². The van der Waals surface area contributed by atoms with Crippen LogP contribution in [-0.2, 0) is 14.3 Å². The van der Waals surface area contributed by atoms with Crippen molar-refractivity contribution in [1.82, 2.24) is 9.97 Å². The standard InChI is InChI=1S/C14H23N3O4/c1-4-8-21-13-10-12(15-11-16-13)17(7-9-19-2)6-5-14(18)20-3/h10-11H,4-9H2,1-3H3. The summed E-state index contributed by atoms with van der Waals surface area (Å²) in [6, 6.07) is 1.77. The third-order valence-electron chi connectivity index (χ3n) is 2.78. The van der Waals surface area contributed by atoms with Crippen LogP contribution < -0.4 is 9.64 Å². The summed E-state index contributed by atoms with van der Waals surface area (Å²) in [5.41, 5.74) is 0. The van der Waals surface area contributed by atoms with Crippen LogP contribution in [0.1, 0.15) is 19.8 Å². The molecule has 0 aliphatic carbocycles. The second kappa shape index (κ2) is 9.93. The molecule has 0 radical (unpaired) electrons. The number of carbonyl (C=O) groups excluding carboxylic acids is 1. The van der Waals surface area contributed by atoms with E-state index in [1.54, 1.807) is 13.2 Å². The van der Waals surface area contributed by atoms with E-state index in [9.17, 15) is 4.79 Å². The maximum Gasteiger partial charge on any atom is 0.307 e. The summed E-state index contributed by atoms with van der Waals surface area (Å²) in [5.74, 6) is 0.980. The Bertz CT molecular complexity index is 428. The molecule has 0 unspecified atom stereocenters. The minimum atomic E-state index is -0.256. The maximum atomic E-state index is 11.3. The van der Waals surface area contributed by atoms with Crippen LogP contribution in [0.2, 0.25) is 0 Å². The maximum absolute atomic E-state index is 11.3. The molecule has 1 aromatic heterocycles. The van der Waals surface area contributed by atoms with Gasteiger partial charge in [0.2, 0.25) is 5.88 Å². The Morgan fingerprint density at radius 2 is 2.05 bits per heavy atom. The highest BCUT2D eigenvalue weighted by atomic mass is 16.5. The lowest BCUT2D eigenvalue weighted by molar-refractivity contribution is -0.140. The molecule has 0 amide bonds. The molecule has 0 saturated carbocycles. The predicted octanol–water partition coefficient (Wildman–Crippen LogP) is 1.28. The third kappa shape index (κ3) is 6.40. The second-order valence-electron chi connectivity index (χ2n) is 4.37. The largest absolute Gasteiger partial charge is 0.478 e. The van der Waals surface area contributed by atoms with Crippen molar-refractivity contribution in [3.63, 3.8) is 0 Å². The fourth-order valence-electron chi connectivity index (χ4n) is 1.66. The van der Waals surface area contributed by atoms with E-state index < -0.39 is 0 Å². The first-order chi connectivity index (χ1) is 10.2. The van der Waals surface area contributed by atoms with Crippen molar-refractivity contribution in [3.05, 3.63) is 12.4 Å². The molecule has 7 heteroatoms. The highest BCUT2D eigenvalue weighted by Gasteiger charge is 2.12. The summed E-state index contributed by atoms with van der Waals surface area (Å²) >= 11 is 0. The van der Waals surface area contributed by atoms with Crippen LogP contribution in [-0.4, -0.2) is 56.5 Å². The van der Waals surface area contributed by atoms with E-state index in [0.717, 1.165) is 6.42 Å². The molecule has 0 aliphatic heterocycles. The Morgan fingerprint density at radius 3 is 2.71 bits per heavy atom. The van der Waals surface area contributed by atoms with Gasteiger partial charge in [-0.05, 0) is 6.42 Å². The van der Waals surface area contributed by atoms with Gasteiger partial charge in [-0.3, -0.25) is 4.79 Å². The molecule has 0 N–H and O–H groups in total. The van der Waals surface area contributed by atoms with Crippen molar-refractivity contribution in [1.29, 1.82) is 0 Å². The molecule has 0 saturated heterocycles. The zero-order valence-corrected chi connectivity index (χ0v) is 12.9. The minimum Gasteiger partial charge on any atom is -0.478 e. The molecule has 118 valence electrons. The molecular weight excluding hydrogens is 274 g/mol. The molecule has 7 nitrogen and oxygen atoms in total. The molecular formula is C14H23N3O4. The number of esters is 1. The van der Waals surface area contributed by atoms with Crippen LogP contribution in [0, 0.1) is 0 Å². The molecule has 0 atom stereocenters. The van der Waals surface area contributed by atoms with Crippen molar-refractivity contribution in [2.75, 3.05) is 45.4 Å². The van der Waals surface area contributed by atoms with Gasteiger partial charge in [0, 0.05) is 26.3 Å². The van der Waals surface area contributed by atoms with Crippen LogP contribution in [0.4, 0.5) is 5.82 Å². The number of ether oxygens (including phenoxy) is 3. The highest BCUT2D eigenvalue weighted by molar-refractivity contribution is 5.69. The van der Waals surface area contributed by atoms with Crippen molar-refractivity contribution >= 4 is 11.8 Å². The number of aromatic nitrogens is 2. The summed E-state index contributed by atoms with van der Waals surface area (Å²) in [6.45, 7) is 4.30. The van der Waals surface area contributed by atoms with E-state index in [0.29, 0.717) is 38.0 Å². The summed E-state index contributed by atoms with van der Waals surface area (Å²) in [7, 11) is 3.01. The molecule has 0 spiro atoms. The second-order valence-corrected chi connectivity index (χ2v) is 4.37. The van der Waals surface area contributed by atoms with E-state index in [4.69, 9.17) is 9.47 Å². The van der Waals surface area contributed by atoms with E-state index in [1.165, 1.54) is 13.4 Å². The average Bonchev–Trinajstić information content (AvgIpc) is 2.53. The monoisotopic (exact) mass is 297 g/mol. The Balaban J connectivity index is 2.73. The minimum absolute atomic E-state index is 0.256. The first-order valence-electron chi connectivity index (χ1n) is 6.96. The summed E-state index contributed by atoms with van der Waals surface area (Å²) in [6.07, 6.45) is 2.66. The van der Waals surface area contributed by atoms with Crippen LogP contribution >= 0.6 is 0 Å². The van der Waals surface area contributed by atoms with E-state index in [-0.39, 0.29) is 12.4 Å².